The highest BCUT2D eigenvalue weighted by atomic mass is 15.1. The normalized spacial score (nSPS) is 10.5. The van der Waals surface area contributed by atoms with Crippen LogP contribution in [0.4, 0.5) is 5.95 Å². The molecule has 0 saturated heterocycles. The molecular weight excluding hydrogens is 214 g/mol. The summed E-state index contributed by atoms with van der Waals surface area (Å²) in [5.74, 6) is 0.699. The van der Waals surface area contributed by atoms with E-state index in [0.29, 0.717) is 5.95 Å². The molecule has 2 heterocycles. The van der Waals surface area contributed by atoms with E-state index >= 15 is 0 Å². The van der Waals surface area contributed by atoms with Gasteiger partial charge in [-0.3, -0.25) is 0 Å². The molecule has 90 valence electrons. The van der Waals surface area contributed by atoms with Crippen LogP contribution in [0, 0.1) is 13.8 Å². The van der Waals surface area contributed by atoms with Crippen LogP contribution in [0.3, 0.4) is 0 Å². The number of nitrogens with one attached hydrogen (secondary N) is 1. The zero-order valence-electron chi connectivity index (χ0n) is 10.4. The number of nitrogens with zero attached hydrogens (tertiary/aromatic N) is 4. The predicted octanol–water partition coefficient (Wildman–Crippen LogP) is 1.48. The zero-order valence-corrected chi connectivity index (χ0v) is 10.4. The first-order chi connectivity index (χ1) is 8.15. The maximum atomic E-state index is 4.33. The summed E-state index contributed by atoms with van der Waals surface area (Å²) >= 11 is 0. The van der Waals surface area contributed by atoms with Crippen LogP contribution in [0.5, 0.6) is 0 Å². The number of aryl methyl sites for hydroxylation is 3. The summed E-state index contributed by atoms with van der Waals surface area (Å²) in [4.78, 5) is 12.7. The lowest BCUT2D eigenvalue weighted by atomic mass is 10.3. The van der Waals surface area contributed by atoms with Crippen molar-refractivity contribution in [3.8, 4) is 0 Å². The van der Waals surface area contributed by atoms with Crippen molar-refractivity contribution in [2.24, 2.45) is 7.05 Å². The van der Waals surface area contributed by atoms with Crippen molar-refractivity contribution < 1.29 is 0 Å². The summed E-state index contributed by atoms with van der Waals surface area (Å²) in [7, 11) is 2.00. The second kappa shape index (κ2) is 4.95. The Morgan fingerprint density at radius 2 is 1.94 bits per heavy atom. The molecule has 0 atom stereocenters. The van der Waals surface area contributed by atoms with Crippen LogP contribution in [0.1, 0.15) is 17.1 Å². The van der Waals surface area contributed by atoms with Gasteiger partial charge in [-0.2, -0.15) is 0 Å². The minimum atomic E-state index is 0.699. The van der Waals surface area contributed by atoms with Crippen molar-refractivity contribution >= 4 is 5.95 Å². The molecule has 0 spiro atoms. The fraction of sp³-hybridized carbons (Fsp3) is 0.417. The van der Waals surface area contributed by atoms with E-state index in [4.69, 9.17) is 0 Å². The molecule has 0 unspecified atom stereocenters. The van der Waals surface area contributed by atoms with Crippen LogP contribution in [-0.2, 0) is 13.5 Å². The van der Waals surface area contributed by atoms with E-state index in [1.54, 1.807) is 0 Å². The lowest BCUT2D eigenvalue weighted by Crippen LogP contribution is -2.10. The van der Waals surface area contributed by atoms with Gasteiger partial charge in [0.1, 0.15) is 0 Å². The van der Waals surface area contributed by atoms with Crippen molar-refractivity contribution in [1.82, 2.24) is 19.5 Å². The Labute approximate surface area is 101 Å². The van der Waals surface area contributed by atoms with Gasteiger partial charge >= 0.3 is 0 Å². The fourth-order valence-electron chi connectivity index (χ4n) is 1.73. The average Bonchev–Trinajstić information content (AvgIpc) is 2.63. The molecule has 5 nitrogen and oxygen atoms in total. The molecule has 0 fully saturated rings. The third-order valence-corrected chi connectivity index (χ3v) is 2.56. The highest BCUT2D eigenvalue weighted by Gasteiger charge is 2.01. The SMILES string of the molecule is Cc1cc(C)nc(NCCc2cncn2C)n1. The van der Waals surface area contributed by atoms with E-state index in [1.165, 1.54) is 5.69 Å². The van der Waals surface area contributed by atoms with Gasteiger partial charge in [-0.15, -0.1) is 0 Å². The Hall–Kier alpha value is -1.91. The van der Waals surface area contributed by atoms with E-state index in [1.807, 2.05) is 44.1 Å². The monoisotopic (exact) mass is 231 g/mol. The van der Waals surface area contributed by atoms with E-state index in [2.05, 4.69) is 20.3 Å². The number of rotatable bonds is 4. The van der Waals surface area contributed by atoms with Gasteiger partial charge in [0.05, 0.1) is 6.33 Å². The molecule has 2 rings (SSSR count). The van der Waals surface area contributed by atoms with Crippen molar-refractivity contribution in [1.29, 1.82) is 0 Å². The summed E-state index contributed by atoms with van der Waals surface area (Å²) in [6.07, 6.45) is 4.60. The fourth-order valence-corrected chi connectivity index (χ4v) is 1.73. The summed E-state index contributed by atoms with van der Waals surface area (Å²) in [6.45, 7) is 4.75. The number of anilines is 1. The van der Waals surface area contributed by atoms with E-state index in [-0.39, 0.29) is 0 Å². The molecule has 5 heteroatoms. The van der Waals surface area contributed by atoms with Crippen LogP contribution in [-0.4, -0.2) is 26.1 Å². The Morgan fingerprint density at radius 1 is 1.24 bits per heavy atom. The Morgan fingerprint density at radius 3 is 2.53 bits per heavy atom. The topological polar surface area (TPSA) is 55.6 Å². The largest absolute Gasteiger partial charge is 0.354 e. The first kappa shape index (κ1) is 11.6. The maximum Gasteiger partial charge on any atom is 0.223 e. The summed E-state index contributed by atoms with van der Waals surface area (Å²) in [6, 6.07) is 1.96. The van der Waals surface area contributed by atoms with E-state index < -0.39 is 0 Å². The lowest BCUT2D eigenvalue weighted by molar-refractivity contribution is 0.812. The van der Waals surface area contributed by atoms with Gasteiger partial charge in [-0.05, 0) is 19.9 Å². The lowest BCUT2D eigenvalue weighted by Gasteiger charge is -2.06. The molecule has 1 N–H and O–H groups in total. The number of imidazole rings is 1. The molecule has 0 aliphatic heterocycles. The van der Waals surface area contributed by atoms with E-state index in [0.717, 1.165) is 24.4 Å². The third-order valence-electron chi connectivity index (χ3n) is 2.56. The standard InChI is InChI=1S/C12H17N5/c1-9-6-10(2)16-12(15-9)14-5-4-11-7-13-8-17(11)3/h6-8H,4-5H2,1-3H3,(H,14,15,16). The van der Waals surface area contributed by atoms with Crippen LogP contribution in [0.25, 0.3) is 0 Å². The molecule has 0 saturated carbocycles. The van der Waals surface area contributed by atoms with Crippen LogP contribution in [0.15, 0.2) is 18.6 Å². The second-order valence-corrected chi connectivity index (χ2v) is 4.15. The van der Waals surface area contributed by atoms with Gasteiger partial charge in [0.25, 0.3) is 0 Å². The van der Waals surface area contributed by atoms with Crippen LogP contribution in [0.2, 0.25) is 0 Å². The van der Waals surface area contributed by atoms with Gasteiger partial charge in [-0.1, -0.05) is 0 Å². The minimum Gasteiger partial charge on any atom is -0.354 e. The first-order valence-corrected chi connectivity index (χ1v) is 5.66. The van der Waals surface area contributed by atoms with E-state index in [9.17, 15) is 0 Å². The number of aromatic nitrogens is 4. The second-order valence-electron chi connectivity index (χ2n) is 4.15. The van der Waals surface area contributed by atoms with Crippen molar-refractivity contribution in [3.05, 3.63) is 35.7 Å². The quantitative estimate of drug-likeness (QED) is 0.866. The van der Waals surface area contributed by atoms with Crippen LogP contribution < -0.4 is 5.32 Å². The van der Waals surface area contributed by atoms with Crippen molar-refractivity contribution in [2.45, 2.75) is 20.3 Å². The van der Waals surface area contributed by atoms with Gasteiger partial charge in [0.15, 0.2) is 0 Å². The molecule has 0 aromatic carbocycles. The highest BCUT2D eigenvalue weighted by Crippen LogP contribution is 2.04. The maximum absolute atomic E-state index is 4.33. The minimum absolute atomic E-state index is 0.699. The average molecular weight is 231 g/mol. The Kier molecular flexibility index (Phi) is 3.37. The summed E-state index contributed by atoms with van der Waals surface area (Å²) in [5.41, 5.74) is 3.17. The molecule has 0 aliphatic rings. The first-order valence-electron chi connectivity index (χ1n) is 5.66. The smallest absolute Gasteiger partial charge is 0.223 e. The summed E-state index contributed by atoms with van der Waals surface area (Å²) < 4.78 is 2.02. The van der Waals surface area contributed by atoms with Crippen molar-refractivity contribution in [3.63, 3.8) is 0 Å². The molecule has 0 amide bonds. The molecule has 2 aromatic rings. The van der Waals surface area contributed by atoms with Gasteiger partial charge in [0, 0.05) is 43.3 Å². The molecule has 2 aromatic heterocycles. The number of hydrogen-bond acceptors (Lipinski definition) is 4. The molecule has 0 bridgehead atoms. The molecule has 0 aliphatic carbocycles. The third kappa shape index (κ3) is 3.03. The Bertz CT molecular complexity index is 483. The molecule has 17 heavy (non-hydrogen) atoms. The highest BCUT2D eigenvalue weighted by molar-refractivity contribution is 5.27. The molecular formula is C12H17N5. The van der Waals surface area contributed by atoms with Crippen molar-refractivity contribution in [2.75, 3.05) is 11.9 Å². The Balaban J connectivity index is 1.92. The molecule has 0 radical (unpaired) electrons. The predicted molar refractivity (Wildman–Crippen MR) is 66.9 cm³/mol. The van der Waals surface area contributed by atoms with Gasteiger partial charge < -0.3 is 9.88 Å². The van der Waals surface area contributed by atoms with Gasteiger partial charge in [-0.25, -0.2) is 15.0 Å². The van der Waals surface area contributed by atoms with Crippen LogP contribution >= 0.6 is 0 Å². The number of hydrogen-bond donors (Lipinski definition) is 1. The summed E-state index contributed by atoms with van der Waals surface area (Å²) in [5, 5.41) is 3.23. The zero-order chi connectivity index (χ0) is 12.3. The van der Waals surface area contributed by atoms with Gasteiger partial charge in [0.2, 0.25) is 5.95 Å².